The summed E-state index contributed by atoms with van der Waals surface area (Å²) in [6.07, 6.45) is 0.161. The summed E-state index contributed by atoms with van der Waals surface area (Å²) in [7, 11) is 0.848. The fourth-order valence-corrected chi connectivity index (χ4v) is 3.25. The third-order valence-corrected chi connectivity index (χ3v) is 5.44. The number of piperidine rings is 1. The molecule has 1 amide bonds. The molecule has 0 spiro atoms. The van der Waals surface area contributed by atoms with E-state index in [1.165, 1.54) is 7.11 Å². The van der Waals surface area contributed by atoms with Crippen molar-refractivity contribution in [2.45, 2.75) is 77.5 Å². The maximum absolute atomic E-state index is 12.4. The van der Waals surface area contributed by atoms with Crippen molar-refractivity contribution in [3.05, 3.63) is 0 Å². The molecule has 7 nitrogen and oxygen atoms in total. The average Bonchev–Trinajstić information content (AvgIpc) is 2.72. The van der Waals surface area contributed by atoms with Gasteiger partial charge in [-0.1, -0.05) is 0 Å². The van der Waals surface area contributed by atoms with E-state index in [0.717, 1.165) is 0 Å². The van der Waals surface area contributed by atoms with Gasteiger partial charge in [-0.25, -0.2) is 4.79 Å². The molecule has 2 atom stereocenters. The average molecular weight is 369 g/mol. The lowest BCUT2D eigenvalue weighted by Crippen LogP contribution is -2.50. The van der Waals surface area contributed by atoms with E-state index >= 15 is 0 Å². The van der Waals surface area contributed by atoms with Crippen LogP contribution in [0.3, 0.4) is 0 Å². The molecule has 0 aromatic rings. The van der Waals surface area contributed by atoms with Crippen LogP contribution in [0.25, 0.3) is 0 Å². The summed E-state index contributed by atoms with van der Waals surface area (Å²) in [4.78, 5) is 26.4. The number of methoxy groups -OCH3 is 1. The maximum atomic E-state index is 12.4. The molecule has 2 aliphatic rings. The van der Waals surface area contributed by atoms with Crippen molar-refractivity contribution in [3.8, 4) is 0 Å². The number of nitrogens with zero attached hydrogens (tertiary/aromatic N) is 1. The van der Waals surface area contributed by atoms with Gasteiger partial charge in [-0.2, -0.15) is 0 Å². The first-order chi connectivity index (χ1) is 11.8. The zero-order chi connectivity index (χ0) is 19.9. The van der Waals surface area contributed by atoms with E-state index in [4.69, 9.17) is 18.8 Å². The monoisotopic (exact) mass is 369 g/mol. The third kappa shape index (κ3) is 4.34. The number of ether oxygens (including phenoxy) is 2. The number of rotatable bonds is 2. The Balaban J connectivity index is 2.15. The minimum atomic E-state index is -0.583. The predicted octanol–water partition coefficient (Wildman–Crippen LogP) is 2.88. The second kappa shape index (κ2) is 7.04. The molecule has 0 saturated carbocycles. The maximum Gasteiger partial charge on any atom is 0.462 e. The number of amides is 1. The summed E-state index contributed by atoms with van der Waals surface area (Å²) in [6, 6.07) is 0. The van der Waals surface area contributed by atoms with Crippen molar-refractivity contribution in [2.75, 3.05) is 20.2 Å². The zero-order valence-corrected chi connectivity index (χ0v) is 17.3. The van der Waals surface area contributed by atoms with Crippen LogP contribution >= 0.6 is 0 Å². The Morgan fingerprint density at radius 3 is 2.12 bits per heavy atom. The molecule has 0 aromatic carbocycles. The lowest BCUT2D eigenvalue weighted by molar-refractivity contribution is -0.147. The van der Waals surface area contributed by atoms with E-state index in [-0.39, 0.29) is 18.3 Å². The summed E-state index contributed by atoms with van der Waals surface area (Å²) in [5.74, 6) is -1.06. The lowest BCUT2D eigenvalue weighted by Gasteiger charge is -2.38. The highest BCUT2D eigenvalue weighted by atomic mass is 16.7. The van der Waals surface area contributed by atoms with Gasteiger partial charge in [-0.15, -0.1) is 0 Å². The number of esters is 1. The predicted molar refractivity (Wildman–Crippen MR) is 97.8 cm³/mol. The molecule has 8 heteroatoms. The topological polar surface area (TPSA) is 74.3 Å². The lowest BCUT2D eigenvalue weighted by atomic mass is 9.61. The Labute approximate surface area is 156 Å². The summed E-state index contributed by atoms with van der Waals surface area (Å²) >= 11 is 0. The van der Waals surface area contributed by atoms with E-state index in [0.29, 0.717) is 13.0 Å². The molecular weight excluding hydrogens is 337 g/mol. The molecule has 2 unspecified atom stereocenters. The van der Waals surface area contributed by atoms with Crippen LogP contribution < -0.4 is 0 Å². The third-order valence-electron chi connectivity index (χ3n) is 5.44. The van der Waals surface area contributed by atoms with Gasteiger partial charge in [0.25, 0.3) is 0 Å². The molecule has 2 fully saturated rings. The second-order valence-electron chi connectivity index (χ2n) is 9.13. The van der Waals surface area contributed by atoms with E-state index in [2.05, 4.69) is 0 Å². The van der Waals surface area contributed by atoms with Crippen LogP contribution in [0, 0.1) is 5.92 Å². The van der Waals surface area contributed by atoms with Crippen molar-refractivity contribution in [3.63, 3.8) is 0 Å². The fraction of sp³-hybridized carbons (Fsp3) is 0.889. The van der Waals surface area contributed by atoms with Crippen LogP contribution in [0.1, 0.15) is 54.9 Å². The van der Waals surface area contributed by atoms with Crippen molar-refractivity contribution in [2.24, 2.45) is 5.92 Å². The van der Waals surface area contributed by atoms with Crippen molar-refractivity contribution >= 4 is 19.2 Å². The van der Waals surface area contributed by atoms with Crippen molar-refractivity contribution in [1.29, 1.82) is 0 Å². The van der Waals surface area contributed by atoms with Gasteiger partial charge in [0.05, 0.1) is 24.2 Å². The molecule has 0 aromatic heterocycles. The van der Waals surface area contributed by atoms with Crippen molar-refractivity contribution in [1.82, 2.24) is 4.90 Å². The van der Waals surface area contributed by atoms with Crippen molar-refractivity contribution < 1.29 is 28.4 Å². The van der Waals surface area contributed by atoms with Crippen LogP contribution in [0.4, 0.5) is 4.79 Å². The second-order valence-corrected chi connectivity index (χ2v) is 9.13. The van der Waals surface area contributed by atoms with Crippen LogP contribution in [-0.2, 0) is 23.6 Å². The summed E-state index contributed by atoms with van der Waals surface area (Å²) in [6.45, 7) is 14.1. The minimum Gasteiger partial charge on any atom is -0.469 e. The van der Waals surface area contributed by atoms with E-state index in [9.17, 15) is 9.59 Å². The van der Waals surface area contributed by atoms with Gasteiger partial charge in [-0.05, 0) is 54.9 Å². The molecule has 0 bridgehead atoms. The van der Waals surface area contributed by atoms with Gasteiger partial charge in [0.1, 0.15) is 5.60 Å². The highest BCUT2D eigenvalue weighted by Crippen LogP contribution is 2.44. The molecule has 148 valence electrons. The van der Waals surface area contributed by atoms with E-state index in [1.54, 1.807) is 4.90 Å². The number of likely N-dealkylation sites (tertiary alicyclic amines) is 1. The largest absolute Gasteiger partial charge is 0.469 e. The number of hydrogen-bond donors (Lipinski definition) is 0. The summed E-state index contributed by atoms with van der Waals surface area (Å²) in [5, 5.41) is 0. The first kappa shape index (κ1) is 21.0. The van der Waals surface area contributed by atoms with Gasteiger partial charge in [-0.3, -0.25) is 4.79 Å². The quantitative estimate of drug-likeness (QED) is 0.550. The molecule has 0 N–H and O–H groups in total. The SMILES string of the molecule is COC(=O)C1CN(C(=O)OC(C)(C)C)CCC1B1OC(C)(C)C(C)(C)O1. The van der Waals surface area contributed by atoms with E-state index in [1.807, 2.05) is 48.5 Å². The number of carbonyl (C=O) groups excluding carboxylic acids is 2. The highest BCUT2D eigenvalue weighted by molar-refractivity contribution is 6.48. The Morgan fingerprint density at radius 2 is 1.65 bits per heavy atom. The van der Waals surface area contributed by atoms with Gasteiger partial charge in [0.15, 0.2) is 0 Å². The van der Waals surface area contributed by atoms with Gasteiger partial charge < -0.3 is 23.7 Å². The van der Waals surface area contributed by atoms with Gasteiger partial charge >= 0.3 is 19.2 Å². The van der Waals surface area contributed by atoms with Gasteiger partial charge in [0, 0.05) is 18.9 Å². The molecule has 2 aliphatic heterocycles. The standard InChI is InChI=1S/C18H32BNO6/c1-16(2,3)24-15(22)20-10-9-13(12(11-20)14(21)23-8)19-25-17(4,5)18(6,7)26-19/h12-13H,9-11H2,1-8H3. The van der Waals surface area contributed by atoms with Crippen LogP contribution in [0.15, 0.2) is 0 Å². The zero-order valence-electron chi connectivity index (χ0n) is 17.3. The van der Waals surface area contributed by atoms with Gasteiger partial charge in [0.2, 0.25) is 0 Å². The molecule has 0 aliphatic carbocycles. The molecule has 0 radical (unpaired) electrons. The van der Waals surface area contributed by atoms with Crippen LogP contribution in [0.2, 0.25) is 5.82 Å². The molecule has 26 heavy (non-hydrogen) atoms. The number of hydrogen-bond acceptors (Lipinski definition) is 6. The summed E-state index contributed by atoms with van der Waals surface area (Å²) < 4.78 is 22.7. The first-order valence-electron chi connectivity index (χ1n) is 9.19. The summed E-state index contributed by atoms with van der Waals surface area (Å²) in [5.41, 5.74) is -1.53. The van der Waals surface area contributed by atoms with E-state index < -0.39 is 35.9 Å². The smallest absolute Gasteiger partial charge is 0.462 e. The first-order valence-corrected chi connectivity index (χ1v) is 9.19. The Hall–Kier alpha value is -1.28. The number of carbonyl (C=O) groups is 2. The normalized spacial score (nSPS) is 28.0. The van der Waals surface area contributed by atoms with Crippen LogP contribution in [-0.4, -0.2) is 61.1 Å². The Bertz CT molecular complexity index is 540. The fourth-order valence-electron chi connectivity index (χ4n) is 3.25. The molecule has 2 rings (SSSR count). The Morgan fingerprint density at radius 1 is 1.12 bits per heavy atom. The molecule has 2 heterocycles. The van der Waals surface area contributed by atoms with Crippen LogP contribution in [0.5, 0.6) is 0 Å². The molecular formula is C18H32BNO6. The minimum absolute atomic E-state index is 0.179. The molecule has 2 saturated heterocycles. The highest BCUT2D eigenvalue weighted by Gasteiger charge is 2.57. The Kier molecular flexibility index (Phi) is 5.69.